The Balaban J connectivity index is 0.00000400. The number of hydrogen-bond acceptors (Lipinski definition) is 3. The summed E-state index contributed by atoms with van der Waals surface area (Å²) in [4.78, 5) is 23.1. The van der Waals surface area contributed by atoms with Crippen LogP contribution >= 0.6 is 12.4 Å². The number of nitrogens with one attached hydrogen (secondary N) is 3. The number of rotatable bonds is 8. The summed E-state index contributed by atoms with van der Waals surface area (Å²) in [5.41, 5.74) is 1.81. The summed E-state index contributed by atoms with van der Waals surface area (Å²) in [6.07, 6.45) is 1.23. The Morgan fingerprint density at radius 3 is 2.48 bits per heavy atom. The van der Waals surface area contributed by atoms with Gasteiger partial charge in [0.25, 0.3) is 0 Å². The Morgan fingerprint density at radius 2 is 1.81 bits per heavy atom. The molecule has 1 aromatic rings. The number of anilines is 1. The average Bonchev–Trinajstić information content (AvgIpc) is 2.44. The van der Waals surface area contributed by atoms with E-state index >= 15 is 0 Å². The highest BCUT2D eigenvalue weighted by molar-refractivity contribution is 5.95. The first-order valence-electron chi connectivity index (χ1n) is 7.02. The molecule has 0 fully saturated rings. The first-order chi connectivity index (χ1) is 9.67. The minimum atomic E-state index is -0.210. The molecule has 1 rings (SSSR count). The van der Waals surface area contributed by atoms with Gasteiger partial charge in [-0.3, -0.25) is 9.59 Å². The molecule has 0 spiro atoms. The Labute approximate surface area is 132 Å². The normalized spacial score (nSPS) is 9.62. The second kappa shape index (κ2) is 11.1. The van der Waals surface area contributed by atoms with Gasteiger partial charge in [-0.2, -0.15) is 0 Å². The van der Waals surface area contributed by atoms with Crippen molar-refractivity contribution in [2.75, 3.05) is 18.4 Å². The molecule has 6 heteroatoms. The number of carbonyl (C=O) groups is 2. The maximum Gasteiger partial charge on any atom is 0.243 e. The third-order valence-electron chi connectivity index (χ3n) is 2.78. The second-order valence-corrected chi connectivity index (χ2v) is 4.51. The molecule has 21 heavy (non-hydrogen) atoms. The van der Waals surface area contributed by atoms with Gasteiger partial charge < -0.3 is 16.0 Å². The van der Waals surface area contributed by atoms with Crippen molar-refractivity contribution in [3.8, 4) is 0 Å². The molecule has 0 aromatic heterocycles. The smallest absolute Gasteiger partial charge is 0.243 e. The fraction of sp³-hybridized carbons (Fsp3) is 0.467. The highest BCUT2D eigenvalue weighted by Crippen LogP contribution is 2.14. The van der Waals surface area contributed by atoms with Gasteiger partial charge in [-0.1, -0.05) is 32.0 Å². The van der Waals surface area contributed by atoms with E-state index in [9.17, 15) is 9.59 Å². The van der Waals surface area contributed by atoms with E-state index in [-0.39, 0.29) is 30.8 Å². The fourth-order valence-corrected chi connectivity index (χ4v) is 1.74. The molecular formula is C15H24ClN3O2. The number of benzene rings is 1. The summed E-state index contributed by atoms with van der Waals surface area (Å²) >= 11 is 0. The van der Waals surface area contributed by atoms with Gasteiger partial charge in [-0.15, -0.1) is 12.4 Å². The largest absolute Gasteiger partial charge is 0.347 e. The van der Waals surface area contributed by atoms with Gasteiger partial charge in [0.15, 0.2) is 0 Å². The lowest BCUT2D eigenvalue weighted by molar-refractivity contribution is -0.124. The van der Waals surface area contributed by atoms with Crippen molar-refractivity contribution in [2.45, 2.75) is 33.2 Å². The van der Waals surface area contributed by atoms with Crippen LogP contribution in [0.25, 0.3) is 0 Å². The van der Waals surface area contributed by atoms with Crippen LogP contribution in [0.3, 0.4) is 0 Å². The summed E-state index contributed by atoms with van der Waals surface area (Å²) in [5, 5.41) is 8.65. The molecule has 0 aliphatic carbocycles. The standard InChI is InChI=1S/C15H23N3O2.ClH/c1-3-7-14(19)17-11-15(20)18-13-9-6-5-8-12(13)10-16-4-2;/h5-6,8-9,16H,3-4,7,10-11H2,1-2H3,(H,17,19)(H,18,20);1H. The predicted molar refractivity (Wildman–Crippen MR) is 87.6 cm³/mol. The lowest BCUT2D eigenvalue weighted by atomic mass is 10.1. The Kier molecular flexibility index (Phi) is 10.3. The van der Waals surface area contributed by atoms with E-state index in [4.69, 9.17) is 0 Å². The van der Waals surface area contributed by atoms with E-state index in [1.807, 2.05) is 38.1 Å². The molecule has 118 valence electrons. The summed E-state index contributed by atoms with van der Waals surface area (Å²) in [7, 11) is 0. The van der Waals surface area contributed by atoms with Gasteiger partial charge in [0.1, 0.15) is 0 Å². The van der Waals surface area contributed by atoms with Gasteiger partial charge in [-0.25, -0.2) is 0 Å². The molecule has 5 nitrogen and oxygen atoms in total. The van der Waals surface area contributed by atoms with Crippen molar-refractivity contribution in [3.63, 3.8) is 0 Å². The first-order valence-corrected chi connectivity index (χ1v) is 7.02. The third kappa shape index (κ3) is 7.68. The van der Waals surface area contributed by atoms with Crippen molar-refractivity contribution in [1.82, 2.24) is 10.6 Å². The second-order valence-electron chi connectivity index (χ2n) is 4.51. The zero-order valence-electron chi connectivity index (χ0n) is 12.6. The molecule has 1 aromatic carbocycles. The fourth-order valence-electron chi connectivity index (χ4n) is 1.74. The van der Waals surface area contributed by atoms with Crippen molar-refractivity contribution in [3.05, 3.63) is 29.8 Å². The van der Waals surface area contributed by atoms with Crippen LogP contribution in [-0.2, 0) is 16.1 Å². The van der Waals surface area contributed by atoms with Crippen LogP contribution in [0, 0.1) is 0 Å². The summed E-state index contributed by atoms with van der Waals surface area (Å²) in [6, 6.07) is 7.64. The van der Waals surface area contributed by atoms with Crippen molar-refractivity contribution in [2.24, 2.45) is 0 Å². The Hall–Kier alpha value is -1.59. The van der Waals surface area contributed by atoms with Crippen LogP contribution in [0.2, 0.25) is 0 Å². The summed E-state index contributed by atoms with van der Waals surface area (Å²) < 4.78 is 0. The molecule has 0 aliphatic heterocycles. The first kappa shape index (κ1) is 19.4. The van der Waals surface area contributed by atoms with E-state index in [0.717, 1.165) is 24.2 Å². The molecule has 2 amide bonds. The van der Waals surface area contributed by atoms with Gasteiger partial charge in [0.05, 0.1) is 6.54 Å². The number of carbonyl (C=O) groups excluding carboxylic acids is 2. The summed E-state index contributed by atoms with van der Waals surface area (Å²) in [6.45, 7) is 5.54. The van der Waals surface area contributed by atoms with Crippen LogP contribution in [-0.4, -0.2) is 24.9 Å². The molecule has 0 bridgehead atoms. The van der Waals surface area contributed by atoms with E-state index in [1.165, 1.54) is 0 Å². The predicted octanol–water partition coefficient (Wildman–Crippen LogP) is 2.07. The van der Waals surface area contributed by atoms with E-state index in [0.29, 0.717) is 13.0 Å². The monoisotopic (exact) mass is 313 g/mol. The van der Waals surface area contributed by atoms with Crippen LogP contribution in [0.5, 0.6) is 0 Å². The Bertz CT molecular complexity index is 452. The molecular weight excluding hydrogens is 290 g/mol. The van der Waals surface area contributed by atoms with Gasteiger partial charge in [-0.05, 0) is 24.6 Å². The highest BCUT2D eigenvalue weighted by Gasteiger charge is 2.07. The van der Waals surface area contributed by atoms with Crippen LogP contribution in [0.15, 0.2) is 24.3 Å². The lowest BCUT2D eigenvalue weighted by Crippen LogP contribution is -2.32. The maximum atomic E-state index is 11.8. The van der Waals surface area contributed by atoms with Gasteiger partial charge in [0, 0.05) is 18.7 Å². The molecule has 0 saturated heterocycles. The van der Waals surface area contributed by atoms with E-state index in [2.05, 4.69) is 16.0 Å². The van der Waals surface area contributed by atoms with Crippen LogP contribution in [0.4, 0.5) is 5.69 Å². The zero-order chi connectivity index (χ0) is 14.8. The molecule has 3 N–H and O–H groups in total. The Morgan fingerprint density at radius 1 is 1.10 bits per heavy atom. The molecule has 0 atom stereocenters. The summed E-state index contributed by atoms with van der Waals surface area (Å²) in [5.74, 6) is -0.304. The number of amides is 2. The van der Waals surface area contributed by atoms with Gasteiger partial charge >= 0.3 is 0 Å². The topological polar surface area (TPSA) is 70.2 Å². The highest BCUT2D eigenvalue weighted by atomic mass is 35.5. The van der Waals surface area contributed by atoms with Crippen molar-refractivity contribution < 1.29 is 9.59 Å². The quantitative estimate of drug-likeness (QED) is 0.688. The number of hydrogen-bond donors (Lipinski definition) is 3. The molecule has 0 unspecified atom stereocenters. The van der Waals surface area contributed by atoms with Crippen LogP contribution < -0.4 is 16.0 Å². The SMILES string of the molecule is CCCC(=O)NCC(=O)Nc1ccccc1CNCC.Cl. The van der Waals surface area contributed by atoms with Crippen molar-refractivity contribution >= 4 is 29.9 Å². The van der Waals surface area contributed by atoms with Crippen LogP contribution in [0.1, 0.15) is 32.3 Å². The number of halogens is 1. The van der Waals surface area contributed by atoms with Gasteiger partial charge in [0.2, 0.25) is 11.8 Å². The van der Waals surface area contributed by atoms with Crippen molar-refractivity contribution in [1.29, 1.82) is 0 Å². The minimum absolute atomic E-state index is 0. The number of para-hydroxylation sites is 1. The maximum absolute atomic E-state index is 11.8. The lowest BCUT2D eigenvalue weighted by Gasteiger charge is -2.11. The molecule has 0 aliphatic rings. The zero-order valence-corrected chi connectivity index (χ0v) is 13.4. The minimum Gasteiger partial charge on any atom is -0.347 e. The molecule has 0 radical (unpaired) electrons. The molecule has 0 heterocycles. The molecule has 0 saturated carbocycles. The average molecular weight is 314 g/mol. The third-order valence-corrected chi connectivity index (χ3v) is 2.78. The van der Waals surface area contributed by atoms with E-state index in [1.54, 1.807) is 0 Å². The van der Waals surface area contributed by atoms with E-state index < -0.39 is 0 Å².